The number of amides is 1. The van der Waals surface area contributed by atoms with Crippen LogP contribution in [0.15, 0.2) is 72.8 Å². The molecule has 0 spiro atoms. The maximum atomic E-state index is 13.0. The fourth-order valence-corrected chi connectivity index (χ4v) is 3.65. The molecule has 0 aliphatic carbocycles. The Labute approximate surface area is 199 Å². The SMILES string of the molecule is CN(c1ccc(C#CCc2ccccc2)cc1C(=O)NCc1ccc(C(=O)O)cc1)S(C)(=O)=O. The molecule has 0 radical (unpaired) electrons. The van der Waals surface area contributed by atoms with Crippen molar-refractivity contribution in [3.05, 3.63) is 101 Å². The van der Waals surface area contributed by atoms with Crippen molar-refractivity contribution in [2.45, 2.75) is 13.0 Å². The summed E-state index contributed by atoms with van der Waals surface area (Å²) in [6.45, 7) is 0.144. The fourth-order valence-electron chi connectivity index (χ4n) is 3.14. The molecule has 3 aromatic carbocycles. The van der Waals surface area contributed by atoms with Crippen LogP contribution in [0.5, 0.6) is 0 Å². The van der Waals surface area contributed by atoms with E-state index in [9.17, 15) is 18.0 Å². The molecule has 0 unspecified atom stereocenters. The first-order chi connectivity index (χ1) is 16.1. The summed E-state index contributed by atoms with van der Waals surface area (Å²) in [6.07, 6.45) is 1.60. The van der Waals surface area contributed by atoms with Gasteiger partial charge in [-0.15, -0.1) is 0 Å². The zero-order valence-electron chi connectivity index (χ0n) is 18.8. The smallest absolute Gasteiger partial charge is 0.335 e. The first-order valence-corrected chi connectivity index (χ1v) is 12.2. The normalized spacial score (nSPS) is 10.6. The molecule has 34 heavy (non-hydrogen) atoms. The van der Waals surface area contributed by atoms with Gasteiger partial charge in [0.15, 0.2) is 0 Å². The number of nitrogens with one attached hydrogen (secondary N) is 1. The Bertz CT molecular complexity index is 1360. The predicted octanol–water partition coefficient (Wildman–Crippen LogP) is 3.30. The monoisotopic (exact) mass is 476 g/mol. The minimum absolute atomic E-state index is 0.144. The summed E-state index contributed by atoms with van der Waals surface area (Å²) >= 11 is 0. The number of carboxylic acid groups (broad SMARTS) is 1. The molecule has 0 heterocycles. The van der Waals surface area contributed by atoms with E-state index in [2.05, 4.69) is 17.2 Å². The van der Waals surface area contributed by atoms with Crippen LogP contribution in [0.4, 0.5) is 5.69 Å². The minimum Gasteiger partial charge on any atom is -0.478 e. The average molecular weight is 477 g/mol. The van der Waals surface area contributed by atoms with Gasteiger partial charge >= 0.3 is 5.97 Å². The lowest BCUT2D eigenvalue weighted by Crippen LogP contribution is -2.30. The molecule has 0 aliphatic rings. The molecule has 2 N–H and O–H groups in total. The Morgan fingerprint density at radius 2 is 1.65 bits per heavy atom. The summed E-state index contributed by atoms with van der Waals surface area (Å²) in [5, 5.41) is 11.8. The van der Waals surface area contributed by atoms with Gasteiger partial charge in [0.25, 0.3) is 5.91 Å². The van der Waals surface area contributed by atoms with E-state index in [0.717, 1.165) is 16.1 Å². The molecule has 8 heteroatoms. The van der Waals surface area contributed by atoms with Gasteiger partial charge in [0.2, 0.25) is 10.0 Å². The fraction of sp³-hybridized carbons (Fsp3) is 0.154. The number of sulfonamides is 1. The average Bonchev–Trinajstić information content (AvgIpc) is 2.82. The van der Waals surface area contributed by atoms with Crippen molar-refractivity contribution >= 4 is 27.6 Å². The number of anilines is 1. The number of rotatable bonds is 7. The van der Waals surface area contributed by atoms with Crippen LogP contribution in [-0.2, 0) is 23.0 Å². The van der Waals surface area contributed by atoms with Gasteiger partial charge in [-0.2, -0.15) is 0 Å². The summed E-state index contributed by atoms with van der Waals surface area (Å²) in [5.41, 5.74) is 2.90. The first kappa shape index (κ1) is 24.6. The van der Waals surface area contributed by atoms with E-state index in [1.165, 1.54) is 19.2 Å². The van der Waals surface area contributed by atoms with Gasteiger partial charge < -0.3 is 10.4 Å². The third-order valence-electron chi connectivity index (χ3n) is 5.10. The maximum absolute atomic E-state index is 13.0. The quantitative estimate of drug-likeness (QED) is 0.509. The number of hydrogen-bond acceptors (Lipinski definition) is 4. The topological polar surface area (TPSA) is 104 Å². The van der Waals surface area contributed by atoms with Crippen LogP contribution in [0.3, 0.4) is 0 Å². The van der Waals surface area contributed by atoms with Gasteiger partial charge in [-0.25, -0.2) is 13.2 Å². The van der Waals surface area contributed by atoms with Gasteiger partial charge in [0, 0.05) is 25.6 Å². The molecule has 0 bridgehead atoms. The molecule has 174 valence electrons. The summed E-state index contributed by atoms with van der Waals surface area (Å²) in [6, 6.07) is 20.7. The van der Waals surface area contributed by atoms with Crippen molar-refractivity contribution in [2.24, 2.45) is 0 Å². The third kappa shape index (κ3) is 6.47. The second-order valence-corrected chi connectivity index (χ2v) is 9.63. The molecule has 0 saturated heterocycles. The Kier molecular flexibility index (Phi) is 7.71. The molecular weight excluding hydrogens is 452 g/mol. The van der Waals surface area contributed by atoms with E-state index in [-0.39, 0.29) is 23.4 Å². The van der Waals surface area contributed by atoms with E-state index < -0.39 is 21.9 Å². The van der Waals surface area contributed by atoms with Gasteiger partial charge in [0.05, 0.1) is 23.1 Å². The Morgan fingerprint density at radius 1 is 0.971 bits per heavy atom. The molecule has 3 aromatic rings. The Morgan fingerprint density at radius 3 is 2.26 bits per heavy atom. The van der Waals surface area contributed by atoms with E-state index in [1.54, 1.807) is 30.3 Å². The lowest BCUT2D eigenvalue weighted by atomic mass is 10.1. The number of nitrogens with zero attached hydrogens (tertiary/aromatic N) is 1. The van der Waals surface area contributed by atoms with Gasteiger partial charge in [0.1, 0.15) is 0 Å². The highest BCUT2D eigenvalue weighted by atomic mass is 32.2. The molecule has 0 saturated carbocycles. The molecule has 0 aliphatic heterocycles. The molecule has 7 nitrogen and oxygen atoms in total. The second-order valence-electron chi connectivity index (χ2n) is 7.61. The van der Waals surface area contributed by atoms with E-state index in [0.29, 0.717) is 17.5 Å². The highest BCUT2D eigenvalue weighted by Crippen LogP contribution is 2.23. The van der Waals surface area contributed by atoms with Crippen LogP contribution in [0.25, 0.3) is 0 Å². The number of carboxylic acids is 1. The van der Waals surface area contributed by atoms with Crippen molar-refractivity contribution in [3.8, 4) is 11.8 Å². The number of hydrogen-bond donors (Lipinski definition) is 2. The zero-order valence-corrected chi connectivity index (χ0v) is 19.6. The van der Waals surface area contributed by atoms with Crippen LogP contribution in [-0.4, -0.2) is 38.7 Å². The van der Waals surface area contributed by atoms with Crippen LogP contribution in [0.2, 0.25) is 0 Å². The van der Waals surface area contributed by atoms with Crippen molar-refractivity contribution < 1.29 is 23.1 Å². The molecule has 3 rings (SSSR count). The predicted molar refractivity (Wildman–Crippen MR) is 131 cm³/mol. The van der Waals surface area contributed by atoms with Crippen LogP contribution in [0, 0.1) is 11.8 Å². The van der Waals surface area contributed by atoms with Crippen LogP contribution < -0.4 is 9.62 Å². The van der Waals surface area contributed by atoms with E-state index in [4.69, 9.17) is 5.11 Å². The third-order valence-corrected chi connectivity index (χ3v) is 6.29. The molecule has 0 aromatic heterocycles. The summed E-state index contributed by atoms with van der Waals surface area (Å²) in [4.78, 5) is 24.0. The van der Waals surface area contributed by atoms with E-state index >= 15 is 0 Å². The summed E-state index contributed by atoms with van der Waals surface area (Å²) in [7, 11) is -2.21. The standard InChI is InChI=1S/C26H24N2O5S/c1-28(34(2,32)33)24-16-13-20(10-6-9-19-7-4-3-5-8-19)17-23(24)25(29)27-18-21-11-14-22(15-12-21)26(30)31/h3-5,7-8,11-17H,9,18H2,1-2H3,(H,27,29)(H,30,31). The molecule has 1 amide bonds. The Hall–Kier alpha value is -4.09. The van der Waals surface area contributed by atoms with Crippen molar-refractivity contribution in [1.82, 2.24) is 5.32 Å². The highest BCUT2D eigenvalue weighted by molar-refractivity contribution is 7.92. The maximum Gasteiger partial charge on any atom is 0.335 e. The zero-order chi connectivity index (χ0) is 24.7. The number of aromatic carboxylic acids is 1. The molecule has 0 atom stereocenters. The van der Waals surface area contributed by atoms with Gasteiger partial charge in [-0.3, -0.25) is 9.10 Å². The highest BCUT2D eigenvalue weighted by Gasteiger charge is 2.20. The van der Waals surface area contributed by atoms with Gasteiger partial charge in [-0.1, -0.05) is 54.3 Å². The van der Waals surface area contributed by atoms with Crippen LogP contribution >= 0.6 is 0 Å². The first-order valence-electron chi connectivity index (χ1n) is 10.4. The second kappa shape index (κ2) is 10.7. The largest absolute Gasteiger partial charge is 0.478 e. The molecule has 0 fully saturated rings. The van der Waals surface area contributed by atoms with E-state index in [1.807, 2.05) is 30.3 Å². The summed E-state index contributed by atoms with van der Waals surface area (Å²) < 4.78 is 25.3. The number of benzene rings is 3. The lowest BCUT2D eigenvalue weighted by Gasteiger charge is -2.20. The van der Waals surface area contributed by atoms with Crippen LogP contribution in [0.1, 0.15) is 37.4 Å². The van der Waals surface area contributed by atoms with Gasteiger partial charge in [-0.05, 0) is 41.5 Å². The lowest BCUT2D eigenvalue weighted by molar-refractivity contribution is 0.0696. The molecular formula is C26H24N2O5S. The number of carbonyl (C=O) groups is 2. The number of carbonyl (C=O) groups excluding carboxylic acids is 1. The van der Waals surface area contributed by atoms with Crippen molar-refractivity contribution in [2.75, 3.05) is 17.6 Å². The minimum atomic E-state index is -3.60. The van der Waals surface area contributed by atoms with Crippen molar-refractivity contribution in [3.63, 3.8) is 0 Å². The van der Waals surface area contributed by atoms with Crippen molar-refractivity contribution in [1.29, 1.82) is 0 Å². The Balaban J connectivity index is 1.84. The summed E-state index contributed by atoms with van der Waals surface area (Å²) in [5.74, 6) is 4.60.